The van der Waals surface area contributed by atoms with Crippen LogP contribution in [0, 0.1) is 6.92 Å². The second kappa shape index (κ2) is 14.4. The Morgan fingerprint density at radius 3 is 2.18 bits per heavy atom. The van der Waals surface area contributed by atoms with Crippen LogP contribution < -0.4 is 0 Å². The number of allylic oxidation sites excluding steroid dienone is 2. The number of benzene rings is 2. The van der Waals surface area contributed by atoms with E-state index < -0.39 is 0 Å². The molecule has 1 unspecified atom stereocenters. The van der Waals surface area contributed by atoms with Crippen molar-refractivity contribution >= 4 is 10.9 Å². The first-order chi connectivity index (χ1) is 16.0. The van der Waals surface area contributed by atoms with Crippen LogP contribution in [0.2, 0.25) is 0 Å². The Morgan fingerprint density at radius 1 is 0.970 bits per heavy atom. The third-order valence-electron chi connectivity index (χ3n) is 6.17. The molecule has 0 amide bonds. The summed E-state index contributed by atoms with van der Waals surface area (Å²) in [5.74, 6) is 0. The molecule has 2 nitrogen and oxygen atoms in total. The molecule has 3 aromatic rings. The van der Waals surface area contributed by atoms with Gasteiger partial charge < -0.3 is 0 Å². The van der Waals surface area contributed by atoms with Crippen molar-refractivity contribution in [3.05, 3.63) is 102 Å². The van der Waals surface area contributed by atoms with Gasteiger partial charge in [0.15, 0.2) is 0 Å². The van der Waals surface area contributed by atoms with Crippen molar-refractivity contribution in [1.82, 2.24) is 9.88 Å². The third kappa shape index (κ3) is 7.98. The summed E-state index contributed by atoms with van der Waals surface area (Å²) in [6, 6.07) is 19.4. The van der Waals surface area contributed by atoms with Crippen LogP contribution in [0.4, 0.5) is 0 Å². The van der Waals surface area contributed by atoms with Crippen molar-refractivity contribution in [1.29, 1.82) is 0 Å². The van der Waals surface area contributed by atoms with Gasteiger partial charge >= 0.3 is 0 Å². The Hall–Kier alpha value is -2.71. The van der Waals surface area contributed by atoms with Gasteiger partial charge in [0.1, 0.15) is 0 Å². The van der Waals surface area contributed by atoms with Gasteiger partial charge in [0.05, 0.1) is 11.6 Å². The summed E-state index contributed by atoms with van der Waals surface area (Å²) in [4.78, 5) is 7.17. The number of fused-ring (bicyclic) bond motifs is 1. The smallest absolute Gasteiger partial charge is 0.0734 e. The van der Waals surface area contributed by atoms with E-state index in [0.717, 1.165) is 11.9 Å². The monoisotopic (exact) mass is 442 g/mol. The average molecular weight is 443 g/mol. The highest BCUT2D eigenvalue weighted by Crippen LogP contribution is 2.34. The molecule has 0 bridgehead atoms. The first kappa shape index (κ1) is 26.5. The first-order valence-corrected chi connectivity index (χ1v) is 12.4. The van der Waals surface area contributed by atoms with Crippen LogP contribution in [-0.2, 0) is 6.42 Å². The molecule has 1 atom stereocenters. The molecular weight excluding hydrogens is 400 g/mol. The zero-order valence-electron chi connectivity index (χ0n) is 21.3. The molecule has 1 saturated heterocycles. The molecule has 0 saturated carbocycles. The molecule has 1 aromatic heterocycles. The number of likely N-dealkylation sites (tertiary alicyclic amines) is 1. The minimum Gasteiger partial charge on any atom is -0.293 e. The van der Waals surface area contributed by atoms with Crippen LogP contribution in [0.15, 0.2) is 85.1 Å². The molecule has 4 rings (SSSR count). The van der Waals surface area contributed by atoms with Crippen molar-refractivity contribution < 1.29 is 0 Å². The molecule has 2 heterocycles. The van der Waals surface area contributed by atoms with Crippen molar-refractivity contribution in [3.63, 3.8) is 0 Å². The highest BCUT2D eigenvalue weighted by Gasteiger charge is 2.24. The molecule has 33 heavy (non-hydrogen) atoms. The topological polar surface area (TPSA) is 16.1 Å². The normalized spacial score (nSPS) is 14.7. The highest BCUT2D eigenvalue weighted by molar-refractivity contribution is 5.82. The van der Waals surface area contributed by atoms with Gasteiger partial charge in [-0.3, -0.25) is 9.88 Å². The van der Waals surface area contributed by atoms with E-state index in [9.17, 15) is 0 Å². The van der Waals surface area contributed by atoms with Crippen LogP contribution in [-0.4, -0.2) is 23.0 Å². The van der Waals surface area contributed by atoms with Gasteiger partial charge in [-0.15, -0.1) is 0 Å². The molecule has 2 aromatic carbocycles. The van der Waals surface area contributed by atoms with E-state index >= 15 is 0 Å². The molecular formula is C31H42N2. The molecule has 0 radical (unpaired) electrons. The predicted octanol–water partition coefficient (Wildman–Crippen LogP) is 8.48. The lowest BCUT2D eigenvalue weighted by molar-refractivity contribution is 0.185. The number of aromatic nitrogens is 1. The van der Waals surface area contributed by atoms with Gasteiger partial charge in [0.25, 0.3) is 0 Å². The van der Waals surface area contributed by atoms with Crippen molar-refractivity contribution in [2.24, 2.45) is 0 Å². The van der Waals surface area contributed by atoms with Crippen LogP contribution in [0.3, 0.4) is 0 Å². The van der Waals surface area contributed by atoms with Crippen molar-refractivity contribution in [3.8, 4) is 0 Å². The van der Waals surface area contributed by atoms with Gasteiger partial charge in [-0.2, -0.15) is 0 Å². The quantitative estimate of drug-likeness (QED) is 0.377. The molecule has 2 heteroatoms. The molecule has 1 fully saturated rings. The second-order valence-electron chi connectivity index (χ2n) is 8.71. The molecule has 176 valence electrons. The number of hydrogen-bond donors (Lipinski definition) is 0. The lowest BCUT2D eigenvalue weighted by Gasteiger charge is -2.36. The summed E-state index contributed by atoms with van der Waals surface area (Å²) in [6.07, 6.45) is 11.0. The minimum absolute atomic E-state index is 0.330. The predicted molar refractivity (Wildman–Crippen MR) is 146 cm³/mol. The van der Waals surface area contributed by atoms with Crippen molar-refractivity contribution in [2.75, 3.05) is 13.1 Å². The number of nitrogens with zero attached hydrogens (tertiary/aromatic N) is 2. The van der Waals surface area contributed by atoms with Gasteiger partial charge in [-0.1, -0.05) is 86.2 Å². The fourth-order valence-electron chi connectivity index (χ4n) is 4.27. The largest absolute Gasteiger partial charge is 0.293 e. The first-order valence-electron chi connectivity index (χ1n) is 12.4. The lowest BCUT2D eigenvalue weighted by atomic mass is 9.92. The van der Waals surface area contributed by atoms with Crippen LogP contribution in [0.5, 0.6) is 0 Å². The Kier molecular flexibility index (Phi) is 11.6. The number of aryl methyl sites for hydroxylation is 2. The number of rotatable bonds is 4. The fourth-order valence-corrected chi connectivity index (χ4v) is 4.27. The van der Waals surface area contributed by atoms with Gasteiger partial charge in [-0.05, 0) is 82.8 Å². The summed E-state index contributed by atoms with van der Waals surface area (Å²) >= 11 is 0. The maximum Gasteiger partial charge on any atom is 0.0734 e. The maximum absolute atomic E-state index is 4.58. The lowest BCUT2D eigenvalue weighted by Crippen LogP contribution is -2.34. The van der Waals surface area contributed by atoms with E-state index in [1.54, 1.807) is 0 Å². The van der Waals surface area contributed by atoms with Gasteiger partial charge in [0.2, 0.25) is 0 Å². The van der Waals surface area contributed by atoms with E-state index in [1.165, 1.54) is 60.0 Å². The standard InChI is InChI=1S/C19H24N2.C8H10.C4H8/c1-14(2)19(21-12-5-4-6-13-21)17-10-9-16-8-7-11-20-18(16)15(17)3;1-2-8-6-4-3-5-7-8;1-3-4-2/h7-11,19H,1,4-6,12-13H2,2-3H3;3-7H,2H2,1H3;3-4H,1-2H3/b;;4-3-. The number of hydrogen-bond acceptors (Lipinski definition) is 2. The molecule has 0 spiro atoms. The number of pyridine rings is 1. The Balaban J connectivity index is 0.000000265. The summed E-state index contributed by atoms with van der Waals surface area (Å²) < 4.78 is 0. The molecule has 0 aliphatic carbocycles. The Bertz CT molecular complexity index is 994. The molecule has 0 N–H and O–H groups in total. The van der Waals surface area contributed by atoms with E-state index in [-0.39, 0.29) is 0 Å². The maximum atomic E-state index is 4.58. The zero-order chi connectivity index (χ0) is 24.1. The number of piperidine rings is 1. The minimum atomic E-state index is 0.330. The Labute approximate surface area is 202 Å². The Morgan fingerprint density at radius 2 is 1.64 bits per heavy atom. The fraction of sp³-hybridized carbons (Fsp3) is 0.387. The average Bonchev–Trinajstić information content (AvgIpc) is 2.87. The summed E-state index contributed by atoms with van der Waals surface area (Å²) in [5, 5.41) is 1.22. The van der Waals surface area contributed by atoms with E-state index in [0.29, 0.717) is 6.04 Å². The summed E-state index contributed by atoms with van der Waals surface area (Å²) in [6.45, 7) is 17.1. The van der Waals surface area contributed by atoms with E-state index in [4.69, 9.17) is 0 Å². The summed E-state index contributed by atoms with van der Waals surface area (Å²) in [5.41, 5.74) is 6.43. The molecule has 1 aliphatic rings. The zero-order valence-corrected chi connectivity index (χ0v) is 21.3. The summed E-state index contributed by atoms with van der Waals surface area (Å²) in [7, 11) is 0. The van der Waals surface area contributed by atoms with Crippen molar-refractivity contribution in [2.45, 2.75) is 66.3 Å². The second-order valence-corrected chi connectivity index (χ2v) is 8.71. The van der Waals surface area contributed by atoms with Crippen LogP contribution in [0.25, 0.3) is 10.9 Å². The highest BCUT2D eigenvalue weighted by atomic mass is 15.2. The SMILES string of the molecule is C/C=C\C.C=C(C)C(c1ccc2cccnc2c1C)N1CCCCC1.CCc1ccccc1. The van der Waals surface area contributed by atoms with Gasteiger partial charge in [-0.25, -0.2) is 0 Å². The van der Waals surface area contributed by atoms with E-state index in [2.05, 4.69) is 79.7 Å². The van der Waals surface area contributed by atoms with Crippen LogP contribution in [0.1, 0.15) is 69.7 Å². The van der Waals surface area contributed by atoms with E-state index in [1.807, 2.05) is 44.3 Å². The molecule has 1 aliphatic heterocycles. The third-order valence-corrected chi connectivity index (χ3v) is 6.17. The van der Waals surface area contributed by atoms with Gasteiger partial charge in [0, 0.05) is 11.6 Å². The van der Waals surface area contributed by atoms with Crippen LogP contribution >= 0.6 is 0 Å².